The molecule has 4 rings (SSSR count). The standard InChI is InChI=1S/C17H19N3O3/c21-17(13-7-4-8-22-11-13)20-9-14(10-20)16-18-15(19-23-16)12-5-2-1-3-6-12/h1-3,5-6,13-14H,4,7-11H2. The zero-order valence-electron chi connectivity index (χ0n) is 12.9. The predicted molar refractivity (Wildman–Crippen MR) is 82.6 cm³/mol. The van der Waals surface area contributed by atoms with Crippen LogP contribution in [0.25, 0.3) is 11.4 Å². The number of nitrogens with zero attached hydrogens (tertiary/aromatic N) is 3. The average Bonchev–Trinajstić information content (AvgIpc) is 3.05. The van der Waals surface area contributed by atoms with E-state index in [1.165, 1.54) is 0 Å². The van der Waals surface area contributed by atoms with E-state index in [0.717, 1.165) is 25.0 Å². The van der Waals surface area contributed by atoms with E-state index < -0.39 is 0 Å². The summed E-state index contributed by atoms with van der Waals surface area (Å²) in [6, 6.07) is 9.75. The second-order valence-corrected chi connectivity index (χ2v) is 6.18. The van der Waals surface area contributed by atoms with Gasteiger partial charge in [0.05, 0.1) is 18.4 Å². The van der Waals surface area contributed by atoms with Crippen LogP contribution in [0.3, 0.4) is 0 Å². The van der Waals surface area contributed by atoms with Gasteiger partial charge in [-0.25, -0.2) is 0 Å². The number of likely N-dealkylation sites (tertiary alicyclic amines) is 1. The number of carbonyl (C=O) groups is 1. The first-order valence-electron chi connectivity index (χ1n) is 8.07. The van der Waals surface area contributed by atoms with Gasteiger partial charge in [-0.3, -0.25) is 4.79 Å². The topological polar surface area (TPSA) is 68.5 Å². The SMILES string of the molecule is O=C(C1CCCOC1)N1CC(c2nc(-c3ccccc3)no2)C1. The Morgan fingerprint density at radius 3 is 2.78 bits per heavy atom. The maximum Gasteiger partial charge on any atom is 0.233 e. The number of hydrogen-bond donors (Lipinski definition) is 0. The molecule has 1 unspecified atom stereocenters. The Labute approximate surface area is 134 Å². The van der Waals surface area contributed by atoms with Crippen LogP contribution in [0.15, 0.2) is 34.9 Å². The molecule has 0 radical (unpaired) electrons. The predicted octanol–water partition coefficient (Wildman–Crippen LogP) is 2.09. The first kappa shape index (κ1) is 14.4. The van der Waals surface area contributed by atoms with Crippen molar-refractivity contribution in [2.45, 2.75) is 18.8 Å². The van der Waals surface area contributed by atoms with Crippen molar-refractivity contribution in [1.29, 1.82) is 0 Å². The second kappa shape index (κ2) is 6.12. The fraction of sp³-hybridized carbons (Fsp3) is 0.471. The quantitative estimate of drug-likeness (QED) is 0.868. The average molecular weight is 313 g/mol. The molecule has 1 aromatic carbocycles. The molecule has 2 fully saturated rings. The highest BCUT2D eigenvalue weighted by Gasteiger charge is 2.38. The number of benzene rings is 1. The molecule has 0 bridgehead atoms. The molecular formula is C17H19N3O3. The Kier molecular flexibility index (Phi) is 3.83. The van der Waals surface area contributed by atoms with Gasteiger partial charge in [0.2, 0.25) is 17.6 Å². The molecule has 0 saturated carbocycles. The molecule has 1 atom stereocenters. The van der Waals surface area contributed by atoms with E-state index >= 15 is 0 Å². The van der Waals surface area contributed by atoms with Crippen molar-refractivity contribution in [1.82, 2.24) is 15.0 Å². The third-order valence-electron chi connectivity index (χ3n) is 4.53. The van der Waals surface area contributed by atoms with Crippen LogP contribution < -0.4 is 0 Å². The molecule has 23 heavy (non-hydrogen) atoms. The fourth-order valence-electron chi connectivity index (χ4n) is 3.11. The van der Waals surface area contributed by atoms with E-state index in [-0.39, 0.29) is 17.7 Å². The molecular weight excluding hydrogens is 294 g/mol. The molecule has 6 nitrogen and oxygen atoms in total. The van der Waals surface area contributed by atoms with E-state index in [1.54, 1.807) is 0 Å². The zero-order valence-corrected chi connectivity index (χ0v) is 12.9. The van der Waals surface area contributed by atoms with Gasteiger partial charge in [0.15, 0.2) is 0 Å². The minimum Gasteiger partial charge on any atom is -0.381 e. The van der Waals surface area contributed by atoms with Gasteiger partial charge in [-0.2, -0.15) is 4.98 Å². The molecule has 2 aromatic rings. The first-order chi connectivity index (χ1) is 11.3. The number of ether oxygens (including phenoxy) is 1. The van der Waals surface area contributed by atoms with Crippen molar-refractivity contribution in [3.8, 4) is 11.4 Å². The van der Waals surface area contributed by atoms with Crippen molar-refractivity contribution in [2.75, 3.05) is 26.3 Å². The summed E-state index contributed by atoms with van der Waals surface area (Å²) in [5.74, 6) is 1.59. The van der Waals surface area contributed by atoms with Crippen LogP contribution >= 0.6 is 0 Å². The smallest absolute Gasteiger partial charge is 0.233 e. The summed E-state index contributed by atoms with van der Waals surface area (Å²) < 4.78 is 10.8. The Balaban J connectivity index is 1.37. The Morgan fingerprint density at radius 1 is 1.22 bits per heavy atom. The van der Waals surface area contributed by atoms with Gasteiger partial charge < -0.3 is 14.2 Å². The van der Waals surface area contributed by atoms with Gasteiger partial charge in [-0.15, -0.1) is 0 Å². The second-order valence-electron chi connectivity index (χ2n) is 6.18. The van der Waals surface area contributed by atoms with Gasteiger partial charge in [0, 0.05) is 25.3 Å². The van der Waals surface area contributed by atoms with Gasteiger partial charge in [-0.05, 0) is 12.8 Å². The third-order valence-corrected chi connectivity index (χ3v) is 4.53. The van der Waals surface area contributed by atoms with Crippen molar-refractivity contribution in [3.63, 3.8) is 0 Å². The highest BCUT2D eigenvalue weighted by molar-refractivity contribution is 5.80. The molecule has 0 spiro atoms. The molecule has 120 valence electrons. The molecule has 1 aromatic heterocycles. The monoisotopic (exact) mass is 313 g/mol. The van der Waals surface area contributed by atoms with Gasteiger partial charge in [0.1, 0.15) is 0 Å². The van der Waals surface area contributed by atoms with E-state index in [2.05, 4.69) is 10.1 Å². The van der Waals surface area contributed by atoms with Crippen LogP contribution in [-0.4, -0.2) is 47.3 Å². The molecule has 1 amide bonds. The summed E-state index contributed by atoms with van der Waals surface area (Å²) in [5.41, 5.74) is 0.939. The van der Waals surface area contributed by atoms with E-state index in [4.69, 9.17) is 9.26 Å². The number of aromatic nitrogens is 2. The lowest BCUT2D eigenvalue weighted by Crippen LogP contribution is -2.51. The minimum atomic E-state index is 0.0206. The largest absolute Gasteiger partial charge is 0.381 e. The van der Waals surface area contributed by atoms with Crippen LogP contribution in [0.4, 0.5) is 0 Å². The maximum atomic E-state index is 12.4. The van der Waals surface area contributed by atoms with Crippen LogP contribution in [0.5, 0.6) is 0 Å². The number of amides is 1. The van der Waals surface area contributed by atoms with Crippen LogP contribution in [0.2, 0.25) is 0 Å². The Morgan fingerprint density at radius 2 is 2.04 bits per heavy atom. The van der Waals surface area contributed by atoms with E-state index in [1.807, 2.05) is 35.2 Å². The molecule has 3 heterocycles. The summed E-state index contributed by atoms with van der Waals surface area (Å²) in [4.78, 5) is 18.7. The van der Waals surface area contributed by atoms with Crippen molar-refractivity contribution in [3.05, 3.63) is 36.2 Å². The summed E-state index contributed by atoms with van der Waals surface area (Å²) in [6.07, 6.45) is 1.90. The van der Waals surface area contributed by atoms with Crippen molar-refractivity contribution < 1.29 is 14.1 Å². The van der Waals surface area contributed by atoms with Crippen molar-refractivity contribution >= 4 is 5.91 Å². The van der Waals surface area contributed by atoms with E-state index in [9.17, 15) is 4.79 Å². The van der Waals surface area contributed by atoms with Gasteiger partial charge >= 0.3 is 0 Å². The fourth-order valence-corrected chi connectivity index (χ4v) is 3.11. The Bertz CT molecular complexity index is 673. The summed E-state index contributed by atoms with van der Waals surface area (Å²) in [7, 11) is 0. The summed E-state index contributed by atoms with van der Waals surface area (Å²) >= 11 is 0. The highest BCUT2D eigenvalue weighted by Crippen LogP contribution is 2.30. The first-order valence-corrected chi connectivity index (χ1v) is 8.07. The minimum absolute atomic E-state index is 0.0206. The normalized spacial score (nSPS) is 21.9. The van der Waals surface area contributed by atoms with Gasteiger partial charge in [0.25, 0.3) is 0 Å². The Hall–Kier alpha value is -2.21. The summed E-state index contributed by atoms with van der Waals surface area (Å²) in [5, 5.41) is 4.04. The molecule has 2 saturated heterocycles. The molecule has 6 heteroatoms. The number of hydrogen-bond acceptors (Lipinski definition) is 5. The lowest BCUT2D eigenvalue weighted by Gasteiger charge is -2.39. The van der Waals surface area contributed by atoms with Gasteiger partial charge in [-0.1, -0.05) is 35.5 Å². The lowest BCUT2D eigenvalue weighted by atomic mass is 9.94. The zero-order chi connectivity index (χ0) is 15.6. The van der Waals surface area contributed by atoms with Crippen LogP contribution in [0.1, 0.15) is 24.7 Å². The molecule has 0 N–H and O–H groups in total. The molecule has 2 aliphatic rings. The number of carbonyl (C=O) groups excluding carboxylic acids is 1. The van der Waals surface area contributed by atoms with Crippen LogP contribution in [-0.2, 0) is 9.53 Å². The highest BCUT2D eigenvalue weighted by atomic mass is 16.5. The molecule has 0 aliphatic carbocycles. The van der Waals surface area contributed by atoms with Crippen molar-refractivity contribution in [2.24, 2.45) is 5.92 Å². The van der Waals surface area contributed by atoms with Crippen LogP contribution in [0, 0.1) is 5.92 Å². The summed E-state index contributed by atoms with van der Waals surface area (Å²) in [6.45, 7) is 2.65. The lowest BCUT2D eigenvalue weighted by molar-refractivity contribution is -0.144. The third kappa shape index (κ3) is 2.86. The maximum absolute atomic E-state index is 12.4. The number of rotatable bonds is 3. The van der Waals surface area contributed by atoms with E-state index in [0.29, 0.717) is 31.4 Å². The molecule has 2 aliphatic heterocycles.